The Kier molecular flexibility index (Phi) is 5.94. The minimum atomic E-state index is -0.227. The van der Waals surface area contributed by atoms with Crippen LogP contribution in [-0.4, -0.2) is 26.4 Å². The summed E-state index contributed by atoms with van der Waals surface area (Å²) in [7, 11) is 0. The third-order valence-electron chi connectivity index (χ3n) is 5.99. The number of anilines is 1. The summed E-state index contributed by atoms with van der Waals surface area (Å²) < 4.78 is 6.88. The first-order valence-corrected chi connectivity index (χ1v) is 11.3. The topological polar surface area (TPSA) is 90.0 Å². The number of para-hydroxylation sites is 1. The Hall–Kier alpha value is -2.61. The summed E-state index contributed by atoms with van der Waals surface area (Å²) in [5.74, 6) is 1.12. The molecular weight excluding hydrogens is 400 g/mol. The molecule has 0 radical (unpaired) electrons. The van der Waals surface area contributed by atoms with Crippen LogP contribution < -0.4 is 10.9 Å². The van der Waals surface area contributed by atoms with Crippen molar-refractivity contribution in [3.63, 3.8) is 0 Å². The van der Waals surface area contributed by atoms with Crippen molar-refractivity contribution < 1.29 is 9.32 Å². The first-order valence-electron chi connectivity index (χ1n) is 10.3. The molecule has 7 nitrogen and oxygen atoms in total. The average molecular weight is 427 g/mol. The van der Waals surface area contributed by atoms with E-state index in [2.05, 4.69) is 24.3 Å². The van der Waals surface area contributed by atoms with Crippen LogP contribution in [0.4, 0.5) is 5.88 Å². The van der Waals surface area contributed by atoms with Crippen molar-refractivity contribution in [2.75, 3.05) is 11.1 Å². The molecule has 0 spiro atoms. The predicted molar refractivity (Wildman–Crippen MR) is 118 cm³/mol. The number of nitrogens with zero attached hydrogens (tertiary/aromatic N) is 3. The number of hydrogen-bond acceptors (Lipinski definition) is 6. The zero-order valence-electron chi connectivity index (χ0n) is 17.4. The Morgan fingerprint density at radius 1 is 1.30 bits per heavy atom. The fourth-order valence-corrected chi connectivity index (χ4v) is 5.02. The Bertz CT molecular complexity index is 1120. The molecule has 4 rings (SSSR count). The summed E-state index contributed by atoms with van der Waals surface area (Å²) in [5.41, 5.74) is 1.33. The van der Waals surface area contributed by atoms with E-state index in [1.807, 2.05) is 28.8 Å². The minimum absolute atomic E-state index is 0.0275. The first-order chi connectivity index (χ1) is 14.4. The third-order valence-corrected chi connectivity index (χ3v) is 6.95. The number of rotatable bonds is 5. The van der Waals surface area contributed by atoms with E-state index in [0.29, 0.717) is 39.5 Å². The standard InChI is InChI=1S/C22H26N4O3S/c1-13-7-6-10-18(15(13)3)26-21(28)16-8-4-5-9-17(16)23-22(26)30-12-19(27)24-20-11-14(2)25-29-20/h4-5,8-9,11,13,15,18H,6-7,10,12H2,1-3H3,(H,24,27)/t13-,15+,18-/m1/s1. The van der Waals surface area contributed by atoms with Gasteiger partial charge in [0.1, 0.15) is 0 Å². The molecule has 0 saturated heterocycles. The van der Waals surface area contributed by atoms with Crippen LogP contribution in [0.2, 0.25) is 0 Å². The van der Waals surface area contributed by atoms with E-state index >= 15 is 0 Å². The number of amides is 1. The quantitative estimate of drug-likeness (QED) is 0.480. The molecule has 8 heteroatoms. The van der Waals surface area contributed by atoms with E-state index < -0.39 is 0 Å². The van der Waals surface area contributed by atoms with Gasteiger partial charge in [-0.3, -0.25) is 19.5 Å². The summed E-state index contributed by atoms with van der Waals surface area (Å²) in [6, 6.07) is 9.15. The molecule has 3 aromatic rings. The van der Waals surface area contributed by atoms with Gasteiger partial charge in [-0.25, -0.2) is 4.98 Å². The second-order valence-corrected chi connectivity index (χ2v) is 9.03. The normalized spacial score (nSPS) is 21.6. The zero-order valence-corrected chi connectivity index (χ0v) is 18.2. The molecule has 1 aliphatic rings. The van der Waals surface area contributed by atoms with Gasteiger partial charge in [0, 0.05) is 12.1 Å². The first kappa shape index (κ1) is 20.7. The van der Waals surface area contributed by atoms with E-state index in [1.54, 1.807) is 13.0 Å². The van der Waals surface area contributed by atoms with E-state index in [0.717, 1.165) is 12.8 Å². The number of aryl methyl sites for hydroxylation is 1. The van der Waals surface area contributed by atoms with Gasteiger partial charge >= 0.3 is 0 Å². The minimum Gasteiger partial charge on any atom is -0.338 e. The van der Waals surface area contributed by atoms with E-state index in [-0.39, 0.29) is 23.3 Å². The van der Waals surface area contributed by atoms with Gasteiger partial charge in [-0.15, -0.1) is 0 Å². The molecule has 0 unspecified atom stereocenters. The molecule has 1 N–H and O–H groups in total. The Morgan fingerprint density at radius 2 is 2.10 bits per heavy atom. The maximum Gasteiger partial charge on any atom is 0.262 e. The second-order valence-electron chi connectivity index (χ2n) is 8.09. The van der Waals surface area contributed by atoms with Crippen LogP contribution in [0.3, 0.4) is 0 Å². The highest BCUT2D eigenvalue weighted by Gasteiger charge is 2.31. The number of carbonyl (C=O) groups excluding carboxylic acids is 1. The largest absolute Gasteiger partial charge is 0.338 e. The van der Waals surface area contributed by atoms with Crippen molar-refractivity contribution in [1.29, 1.82) is 0 Å². The molecule has 1 aliphatic carbocycles. The van der Waals surface area contributed by atoms with Crippen molar-refractivity contribution >= 4 is 34.5 Å². The molecule has 2 aromatic heterocycles. The van der Waals surface area contributed by atoms with Crippen molar-refractivity contribution in [2.45, 2.75) is 51.2 Å². The lowest BCUT2D eigenvalue weighted by atomic mass is 9.78. The molecule has 1 fully saturated rings. The Balaban J connectivity index is 1.65. The number of hydrogen-bond donors (Lipinski definition) is 1. The fourth-order valence-electron chi connectivity index (χ4n) is 4.16. The lowest BCUT2D eigenvalue weighted by molar-refractivity contribution is -0.113. The maximum absolute atomic E-state index is 13.4. The van der Waals surface area contributed by atoms with Crippen LogP contribution in [0.5, 0.6) is 0 Å². The SMILES string of the molecule is Cc1cc(NC(=O)CSc2nc3ccccc3c(=O)n2[C@@H]2CCC[C@@H](C)[C@@H]2C)on1. The predicted octanol–water partition coefficient (Wildman–Crippen LogP) is 4.42. The lowest BCUT2D eigenvalue weighted by Crippen LogP contribution is -2.35. The number of thioether (sulfide) groups is 1. The Labute approximate surface area is 179 Å². The Morgan fingerprint density at radius 3 is 2.87 bits per heavy atom. The van der Waals surface area contributed by atoms with E-state index in [1.165, 1.54) is 18.2 Å². The van der Waals surface area contributed by atoms with Gasteiger partial charge in [0.05, 0.1) is 22.3 Å². The second kappa shape index (κ2) is 8.63. The van der Waals surface area contributed by atoms with Crippen LogP contribution in [0.15, 0.2) is 44.8 Å². The third kappa shape index (κ3) is 4.14. The van der Waals surface area contributed by atoms with Crippen molar-refractivity contribution in [2.24, 2.45) is 11.8 Å². The molecule has 1 amide bonds. The maximum atomic E-state index is 13.4. The molecule has 158 valence electrons. The van der Waals surface area contributed by atoms with Crippen molar-refractivity contribution in [1.82, 2.24) is 14.7 Å². The molecule has 0 bridgehead atoms. The molecular formula is C22H26N4O3S. The van der Waals surface area contributed by atoms with Crippen LogP contribution >= 0.6 is 11.8 Å². The van der Waals surface area contributed by atoms with Gasteiger partial charge in [0.25, 0.3) is 5.56 Å². The van der Waals surface area contributed by atoms with Gasteiger partial charge in [-0.2, -0.15) is 0 Å². The zero-order chi connectivity index (χ0) is 21.3. The number of benzene rings is 1. The van der Waals surface area contributed by atoms with Crippen LogP contribution in [-0.2, 0) is 4.79 Å². The highest BCUT2D eigenvalue weighted by Crippen LogP contribution is 2.38. The highest BCUT2D eigenvalue weighted by atomic mass is 32.2. The molecule has 1 aromatic carbocycles. The monoisotopic (exact) mass is 426 g/mol. The summed E-state index contributed by atoms with van der Waals surface area (Å²) >= 11 is 1.28. The summed E-state index contributed by atoms with van der Waals surface area (Å²) in [5, 5.41) is 7.68. The molecule has 2 heterocycles. The average Bonchev–Trinajstić information content (AvgIpc) is 3.13. The summed E-state index contributed by atoms with van der Waals surface area (Å²) in [6.45, 7) is 6.25. The van der Waals surface area contributed by atoms with Crippen molar-refractivity contribution in [3.8, 4) is 0 Å². The van der Waals surface area contributed by atoms with Crippen LogP contribution in [0, 0.1) is 18.8 Å². The summed E-state index contributed by atoms with van der Waals surface area (Å²) in [4.78, 5) is 30.6. The van der Waals surface area contributed by atoms with Gasteiger partial charge in [0.2, 0.25) is 11.8 Å². The summed E-state index contributed by atoms with van der Waals surface area (Å²) in [6.07, 6.45) is 3.21. The van der Waals surface area contributed by atoms with Gasteiger partial charge < -0.3 is 4.52 Å². The molecule has 1 saturated carbocycles. The fraction of sp³-hybridized carbons (Fsp3) is 0.455. The van der Waals surface area contributed by atoms with Crippen LogP contribution in [0.25, 0.3) is 10.9 Å². The number of carbonyl (C=O) groups is 1. The van der Waals surface area contributed by atoms with E-state index in [9.17, 15) is 9.59 Å². The highest BCUT2D eigenvalue weighted by molar-refractivity contribution is 7.99. The lowest BCUT2D eigenvalue weighted by Gasteiger charge is -2.36. The number of nitrogens with one attached hydrogen (secondary N) is 1. The molecule has 3 atom stereocenters. The van der Waals surface area contributed by atoms with Gasteiger partial charge in [-0.05, 0) is 37.3 Å². The van der Waals surface area contributed by atoms with Crippen LogP contribution in [0.1, 0.15) is 44.8 Å². The molecule has 0 aliphatic heterocycles. The van der Waals surface area contributed by atoms with Gasteiger partial charge in [0.15, 0.2) is 5.16 Å². The smallest absolute Gasteiger partial charge is 0.262 e. The van der Waals surface area contributed by atoms with E-state index in [4.69, 9.17) is 9.51 Å². The molecule has 30 heavy (non-hydrogen) atoms. The number of fused-ring (bicyclic) bond motifs is 1. The van der Waals surface area contributed by atoms with Gasteiger partial charge in [-0.1, -0.05) is 55.7 Å². The van der Waals surface area contributed by atoms with Crippen molar-refractivity contribution in [3.05, 3.63) is 46.4 Å². The number of aromatic nitrogens is 3.